The van der Waals surface area contributed by atoms with Crippen LogP contribution in [0, 0.1) is 5.82 Å². The fraction of sp³-hybridized carbons (Fsp3) is 0.250. The predicted molar refractivity (Wildman–Crippen MR) is 74.7 cm³/mol. The first-order valence-corrected chi connectivity index (χ1v) is 6.68. The van der Waals surface area contributed by atoms with Gasteiger partial charge in [-0.05, 0) is 22.0 Å². The second kappa shape index (κ2) is 5.90. The number of hydrogen-bond acceptors (Lipinski definition) is 3. The zero-order valence-electron chi connectivity index (χ0n) is 10.1. The second-order valence-corrected chi connectivity index (χ2v) is 5.25. The molecule has 1 aromatic carbocycles. The molecule has 102 valence electrons. The van der Waals surface area contributed by atoms with Crippen LogP contribution in [0.2, 0.25) is 5.02 Å². The van der Waals surface area contributed by atoms with Gasteiger partial charge in [0.25, 0.3) is 0 Å². The van der Waals surface area contributed by atoms with Crippen molar-refractivity contribution in [1.29, 1.82) is 0 Å². The number of aromatic nitrogens is 2. The molecule has 0 saturated heterocycles. The van der Waals surface area contributed by atoms with E-state index < -0.39 is 11.9 Å². The average Bonchev–Trinajstić information content (AvgIpc) is 2.78. The Bertz CT molecular complexity index is 590. The van der Waals surface area contributed by atoms with Gasteiger partial charge in [0.1, 0.15) is 17.7 Å². The number of benzene rings is 1. The topological polar surface area (TPSA) is 53.1 Å². The molecule has 0 aliphatic heterocycles. The molecule has 0 fully saturated rings. The van der Waals surface area contributed by atoms with Gasteiger partial charge in [0, 0.05) is 31.4 Å². The van der Waals surface area contributed by atoms with Crippen molar-refractivity contribution in [3.63, 3.8) is 0 Å². The summed E-state index contributed by atoms with van der Waals surface area (Å²) in [5.74, 6) is -0.192. The fourth-order valence-electron chi connectivity index (χ4n) is 1.61. The summed E-state index contributed by atoms with van der Waals surface area (Å²) in [4.78, 5) is 0. The molecule has 19 heavy (non-hydrogen) atoms. The maximum absolute atomic E-state index is 13.4. The van der Waals surface area contributed by atoms with Crippen molar-refractivity contribution in [2.24, 2.45) is 12.8 Å². The second-order valence-electron chi connectivity index (χ2n) is 3.99. The summed E-state index contributed by atoms with van der Waals surface area (Å²) in [5.41, 5.74) is 6.51. The summed E-state index contributed by atoms with van der Waals surface area (Å²) in [6, 6.07) is 2.68. The third-order valence-corrected chi connectivity index (χ3v) is 3.46. The molecular weight excluding hydrogens is 337 g/mol. The molecule has 0 radical (unpaired) electrons. The van der Waals surface area contributed by atoms with Gasteiger partial charge in [-0.25, -0.2) is 4.39 Å². The molecule has 0 saturated carbocycles. The van der Waals surface area contributed by atoms with Crippen molar-refractivity contribution in [2.75, 3.05) is 6.54 Å². The first-order valence-electron chi connectivity index (χ1n) is 5.51. The number of hydrogen-bond donors (Lipinski definition) is 1. The first-order chi connectivity index (χ1) is 9.01. The Morgan fingerprint density at radius 2 is 2.32 bits per heavy atom. The number of nitrogens with two attached hydrogens (primary N) is 1. The summed E-state index contributed by atoms with van der Waals surface area (Å²) in [5, 5.41) is 4.09. The van der Waals surface area contributed by atoms with Gasteiger partial charge in [-0.2, -0.15) is 5.10 Å². The van der Waals surface area contributed by atoms with Crippen LogP contribution in [0.5, 0.6) is 5.75 Å². The van der Waals surface area contributed by atoms with E-state index in [4.69, 9.17) is 22.1 Å². The number of ether oxygens (including phenoxy) is 1. The number of halogens is 3. The smallest absolute Gasteiger partial charge is 0.145 e. The summed E-state index contributed by atoms with van der Waals surface area (Å²) < 4.78 is 21.4. The van der Waals surface area contributed by atoms with Gasteiger partial charge in [-0.15, -0.1) is 0 Å². The van der Waals surface area contributed by atoms with E-state index in [-0.39, 0.29) is 11.6 Å². The van der Waals surface area contributed by atoms with Gasteiger partial charge < -0.3 is 10.5 Å². The van der Waals surface area contributed by atoms with Gasteiger partial charge in [0.05, 0.1) is 15.7 Å². The number of rotatable bonds is 4. The van der Waals surface area contributed by atoms with Crippen molar-refractivity contribution >= 4 is 27.5 Å². The Morgan fingerprint density at radius 1 is 1.58 bits per heavy atom. The lowest BCUT2D eigenvalue weighted by atomic mass is 10.2. The van der Waals surface area contributed by atoms with Crippen LogP contribution in [-0.4, -0.2) is 16.3 Å². The van der Waals surface area contributed by atoms with Crippen molar-refractivity contribution < 1.29 is 9.13 Å². The van der Waals surface area contributed by atoms with Crippen LogP contribution in [-0.2, 0) is 7.05 Å². The SMILES string of the molecule is Cn1cc(C(CN)Oc2cc(F)c(Cl)cc2Br)cn1. The largest absolute Gasteiger partial charge is 0.483 e. The minimum atomic E-state index is -0.540. The van der Waals surface area contributed by atoms with Crippen LogP contribution >= 0.6 is 27.5 Å². The van der Waals surface area contributed by atoms with Crippen LogP contribution in [0.4, 0.5) is 4.39 Å². The molecule has 0 spiro atoms. The van der Waals surface area contributed by atoms with Gasteiger partial charge in [0.15, 0.2) is 0 Å². The van der Waals surface area contributed by atoms with E-state index in [9.17, 15) is 4.39 Å². The maximum Gasteiger partial charge on any atom is 0.145 e. The molecule has 7 heteroatoms. The minimum Gasteiger partial charge on any atom is -0.483 e. The molecule has 1 unspecified atom stereocenters. The van der Waals surface area contributed by atoms with Crippen LogP contribution in [0.25, 0.3) is 0 Å². The van der Waals surface area contributed by atoms with Gasteiger partial charge >= 0.3 is 0 Å². The molecule has 0 amide bonds. The van der Waals surface area contributed by atoms with Gasteiger partial charge in [-0.3, -0.25) is 4.68 Å². The Balaban J connectivity index is 2.26. The van der Waals surface area contributed by atoms with E-state index in [1.54, 1.807) is 24.1 Å². The first kappa shape index (κ1) is 14.3. The highest BCUT2D eigenvalue weighted by atomic mass is 79.9. The highest BCUT2D eigenvalue weighted by molar-refractivity contribution is 9.10. The molecule has 1 atom stereocenters. The van der Waals surface area contributed by atoms with Crippen molar-refractivity contribution in [3.8, 4) is 5.75 Å². The third kappa shape index (κ3) is 3.26. The van der Waals surface area contributed by atoms with Crippen LogP contribution in [0.15, 0.2) is 29.0 Å². The van der Waals surface area contributed by atoms with Crippen LogP contribution in [0.3, 0.4) is 0 Å². The summed E-state index contributed by atoms with van der Waals surface area (Å²) >= 11 is 8.96. The van der Waals surface area contributed by atoms with Gasteiger partial charge in [0.2, 0.25) is 0 Å². The molecule has 0 aliphatic rings. The monoisotopic (exact) mass is 347 g/mol. The third-order valence-electron chi connectivity index (χ3n) is 2.55. The lowest BCUT2D eigenvalue weighted by molar-refractivity contribution is 0.212. The molecule has 2 rings (SSSR count). The highest BCUT2D eigenvalue weighted by Crippen LogP contribution is 2.33. The molecule has 1 aromatic heterocycles. The molecule has 0 aliphatic carbocycles. The molecule has 4 nitrogen and oxygen atoms in total. The van der Waals surface area contributed by atoms with E-state index in [0.717, 1.165) is 5.56 Å². The van der Waals surface area contributed by atoms with Gasteiger partial charge in [-0.1, -0.05) is 11.6 Å². The summed E-state index contributed by atoms with van der Waals surface area (Å²) in [6.45, 7) is 0.252. The molecule has 1 heterocycles. The van der Waals surface area contributed by atoms with Crippen LogP contribution in [0.1, 0.15) is 11.7 Å². The van der Waals surface area contributed by atoms with Crippen molar-refractivity contribution in [1.82, 2.24) is 9.78 Å². The Hall–Kier alpha value is -1.11. The zero-order chi connectivity index (χ0) is 14.0. The normalized spacial score (nSPS) is 12.5. The molecule has 2 N–H and O–H groups in total. The lowest BCUT2D eigenvalue weighted by Gasteiger charge is -2.17. The van der Waals surface area contributed by atoms with E-state index >= 15 is 0 Å². The van der Waals surface area contributed by atoms with Crippen molar-refractivity contribution in [2.45, 2.75) is 6.10 Å². The average molecular weight is 349 g/mol. The molecule has 0 bridgehead atoms. The molecule has 2 aromatic rings. The summed E-state index contributed by atoms with van der Waals surface area (Å²) in [6.07, 6.45) is 3.07. The maximum atomic E-state index is 13.4. The Kier molecular flexibility index (Phi) is 4.44. The number of aryl methyl sites for hydroxylation is 1. The van der Waals surface area contributed by atoms with Crippen molar-refractivity contribution in [3.05, 3.63) is 45.4 Å². The Morgan fingerprint density at radius 3 is 2.89 bits per heavy atom. The van der Waals surface area contributed by atoms with Crippen LogP contribution < -0.4 is 10.5 Å². The fourth-order valence-corrected chi connectivity index (χ4v) is 2.34. The minimum absolute atomic E-state index is 0.0323. The standard InChI is InChI=1S/C12H12BrClFN3O/c1-18-6-7(5-17-18)12(4-16)19-11-3-10(15)9(14)2-8(11)13/h2-3,5-6,12H,4,16H2,1H3. The predicted octanol–water partition coefficient (Wildman–Crippen LogP) is 3.05. The van der Waals surface area contributed by atoms with E-state index in [1.165, 1.54) is 12.1 Å². The van der Waals surface area contributed by atoms with E-state index in [1.807, 2.05) is 0 Å². The summed E-state index contributed by atoms with van der Waals surface area (Å²) in [7, 11) is 1.80. The lowest BCUT2D eigenvalue weighted by Crippen LogP contribution is -2.18. The van der Waals surface area contributed by atoms with E-state index in [2.05, 4.69) is 21.0 Å². The Labute approximate surface area is 123 Å². The van der Waals surface area contributed by atoms with E-state index in [0.29, 0.717) is 10.2 Å². The quantitative estimate of drug-likeness (QED) is 0.864. The zero-order valence-corrected chi connectivity index (χ0v) is 12.4. The molecular formula is C12H12BrClFN3O. The highest BCUT2D eigenvalue weighted by Gasteiger charge is 2.16. The number of nitrogens with zero attached hydrogens (tertiary/aromatic N) is 2.